The van der Waals surface area contributed by atoms with E-state index < -0.39 is 0 Å². The Hall–Kier alpha value is -1.56. The first-order valence-electron chi connectivity index (χ1n) is 5.18. The molecule has 0 saturated carbocycles. The van der Waals surface area contributed by atoms with E-state index in [1.807, 2.05) is 6.07 Å². The predicted molar refractivity (Wildman–Crippen MR) is 71.3 cm³/mol. The molecule has 0 N–H and O–H groups in total. The average Bonchev–Trinajstić information content (AvgIpc) is 2.30. The summed E-state index contributed by atoms with van der Waals surface area (Å²) in [6.07, 6.45) is 0. The lowest BCUT2D eigenvalue weighted by Crippen LogP contribution is -1.90. The van der Waals surface area contributed by atoms with Crippen molar-refractivity contribution in [3.63, 3.8) is 0 Å². The molecule has 4 heteroatoms. The minimum atomic E-state index is -0.361. The maximum Gasteiger partial charge on any atom is 0.126 e. The number of rotatable bonds is 1. The van der Waals surface area contributed by atoms with Crippen LogP contribution in [0.5, 0.6) is 0 Å². The fraction of sp³-hybridized carbons (Fsp3) is 0.0714. The second-order valence-electron chi connectivity index (χ2n) is 3.92. The van der Waals surface area contributed by atoms with Gasteiger partial charge in [0.1, 0.15) is 5.82 Å². The van der Waals surface area contributed by atoms with E-state index in [-0.39, 0.29) is 5.82 Å². The number of aryl methyl sites for hydroxylation is 1. The molecule has 0 saturated heterocycles. The third-order valence-corrected chi connectivity index (χ3v) is 3.03. The Morgan fingerprint density at radius 3 is 2.22 bits per heavy atom. The predicted octanol–water partition coefficient (Wildman–Crippen LogP) is 4.98. The van der Waals surface area contributed by atoms with Gasteiger partial charge in [-0.2, -0.15) is 5.26 Å². The first-order valence-corrected chi connectivity index (χ1v) is 5.93. The zero-order valence-electron chi connectivity index (χ0n) is 9.47. The van der Waals surface area contributed by atoms with Crippen LogP contribution in [0.2, 0.25) is 10.0 Å². The standard InChI is InChI=1S/C14H8Cl2FN/c1-8-2-10(7-18)13(6-14(8)17)9-3-11(15)5-12(16)4-9/h2-6H,1H3. The Morgan fingerprint density at radius 2 is 1.67 bits per heavy atom. The number of nitrogens with zero attached hydrogens (tertiary/aromatic N) is 1. The normalized spacial score (nSPS) is 10.2. The number of nitriles is 1. The summed E-state index contributed by atoms with van der Waals surface area (Å²) in [6.45, 7) is 1.62. The molecule has 2 aromatic rings. The fourth-order valence-corrected chi connectivity index (χ4v) is 2.25. The molecule has 0 aliphatic heterocycles. The number of halogens is 3. The molecule has 0 radical (unpaired) electrons. The molecule has 0 heterocycles. The molecule has 2 aromatic carbocycles. The highest BCUT2D eigenvalue weighted by molar-refractivity contribution is 6.35. The zero-order valence-corrected chi connectivity index (χ0v) is 11.0. The van der Waals surface area contributed by atoms with Crippen LogP contribution in [0.4, 0.5) is 4.39 Å². The first-order chi connectivity index (χ1) is 8.51. The molecule has 0 amide bonds. The zero-order chi connectivity index (χ0) is 13.3. The molecule has 0 spiro atoms. The Bertz CT molecular complexity index is 639. The van der Waals surface area contributed by atoms with Crippen molar-refractivity contribution < 1.29 is 4.39 Å². The maximum absolute atomic E-state index is 13.6. The van der Waals surface area contributed by atoms with Gasteiger partial charge in [-0.1, -0.05) is 23.2 Å². The van der Waals surface area contributed by atoms with E-state index in [0.717, 1.165) is 0 Å². The molecule has 0 atom stereocenters. The minimum Gasteiger partial charge on any atom is -0.207 e. The largest absolute Gasteiger partial charge is 0.207 e. The maximum atomic E-state index is 13.6. The van der Waals surface area contributed by atoms with Gasteiger partial charge in [-0.15, -0.1) is 0 Å². The molecule has 2 rings (SSSR count). The molecule has 18 heavy (non-hydrogen) atoms. The van der Waals surface area contributed by atoms with Crippen molar-refractivity contribution in [2.75, 3.05) is 0 Å². The summed E-state index contributed by atoms with van der Waals surface area (Å²) >= 11 is 11.8. The summed E-state index contributed by atoms with van der Waals surface area (Å²) < 4.78 is 13.6. The van der Waals surface area contributed by atoms with Crippen molar-refractivity contribution in [2.24, 2.45) is 0 Å². The highest BCUT2D eigenvalue weighted by Crippen LogP contribution is 2.30. The number of hydrogen-bond donors (Lipinski definition) is 0. The SMILES string of the molecule is Cc1cc(C#N)c(-c2cc(Cl)cc(Cl)c2)cc1F. The van der Waals surface area contributed by atoms with Gasteiger partial charge in [0.2, 0.25) is 0 Å². The third-order valence-electron chi connectivity index (χ3n) is 2.59. The van der Waals surface area contributed by atoms with Crippen molar-refractivity contribution in [3.8, 4) is 17.2 Å². The fourth-order valence-electron chi connectivity index (χ4n) is 1.72. The second-order valence-corrected chi connectivity index (χ2v) is 4.79. The van der Waals surface area contributed by atoms with Crippen molar-refractivity contribution >= 4 is 23.2 Å². The van der Waals surface area contributed by atoms with Crippen molar-refractivity contribution in [1.29, 1.82) is 5.26 Å². The monoisotopic (exact) mass is 279 g/mol. The molecule has 1 nitrogen and oxygen atoms in total. The van der Waals surface area contributed by atoms with E-state index in [4.69, 9.17) is 28.5 Å². The van der Waals surface area contributed by atoms with Gasteiger partial charge < -0.3 is 0 Å². The van der Waals surface area contributed by atoms with Crippen molar-refractivity contribution in [2.45, 2.75) is 6.92 Å². The summed E-state index contributed by atoms with van der Waals surface area (Å²) in [5.74, 6) is -0.361. The van der Waals surface area contributed by atoms with Gasteiger partial charge in [0.05, 0.1) is 11.6 Å². The molecule has 0 aromatic heterocycles. The van der Waals surface area contributed by atoms with Crippen LogP contribution in [0, 0.1) is 24.1 Å². The van der Waals surface area contributed by atoms with Crippen LogP contribution >= 0.6 is 23.2 Å². The molecular weight excluding hydrogens is 272 g/mol. The van der Waals surface area contributed by atoms with Crippen LogP contribution in [-0.2, 0) is 0 Å². The first kappa shape index (κ1) is 12.9. The lowest BCUT2D eigenvalue weighted by molar-refractivity contribution is 0.619. The van der Waals surface area contributed by atoms with Crippen LogP contribution in [0.1, 0.15) is 11.1 Å². The van der Waals surface area contributed by atoms with E-state index in [0.29, 0.717) is 32.3 Å². The summed E-state index contributed by atoms with van der Waals surface area (Å²) in [5.41, 5.74) is 1.95. The van der Waals surface area contributed by atoms with Gasteiger partial charge in [-0.3, -0.25) is 0 Å². The van der Waals surface area contributed by atoms with E-state index in [1.165, 1.54) is 12.1 Å². The van der Waals surface area contributed by atoms with E-state index >= 15 is 0 Å². The minimum absolute atomic E-state index is 0.361. The van der Waals surface area contributed by atoms with E-state index in [9.17, 15) is 4.39 Å². The van der Waals surface area contributed by atoms with E-state index in [1.54, 1.807) is 25.1 Å². The summed E-state index contributed by atoms with van der Waals surface area (Å²) in [4.78, 5) is 0. The molecule has 0 fully saturated rings. The summed E-state index contributed by atoms with van der Waals surface area (Å²) in [5, 5.41) is 9.99. The summed E-state index contributed by atoms with van der Waals surface area (Å²) in [7, 11) is 0. The smallest absolute Gasteiger partial charge is 0.126 e. The highest BCUT2D eigenvalue weighted by atomic mass is 35.5. The van der Waals surface area contributed by atoms with Crippen LogP contribution in [0.25, 0.3) is 11.1 Å². The quantitative estimate of drug-likeness (QED) is 0.722. The lowest BCUT2D eigenvalue weighted by atomic mass is 9.98. The van der Waals surface area contributed by atoms with Crippen LogP contribution < -0.4 is 0 Å². The van der Waals surface area contributed by atoms with E-state index in [2.05, 4.69) is 0 Å². The average molecular weight is 280 g/mol. The summed E-state index contributed by atoms with van der Waals surface area (Å²) in [6, 6.07) is 9.78. The van der Waals surface area contributed by atoms with Gasteiger partial charge in [-0.25, -0.2) is 4.39 Å². The van der Waals surface area contributed by atoms with Gasteiger partial charge in [0, 0.05) is 15.6 Å². The Balaban J connectivity index is 2.70. The molecule has 90 valence electrons. The van der Waals surface area contributed by atoms with Crippen LogP contribution in [0.3, 0.4) is 0 Å². The Kier molecular flexibility index (Phi) is 3.56. The van der Waals surface area contributed by atoms with Crippen molar-refractivity contribution in [3.05, 3.63) is 57.3 Å². The number of hydrogen-bond acceptors (Lipinski definition) is 1. The Morgan fingerprint density at radius 1 is 1.06 bits per heavy atom. The Labute approximate surface area is 114 Å². The van der Waals surface area contributed by atoms with Gasteiger partial charge >= 0.3 is 0 Å². The van der Waals surface area contributed by atoms with Crippen molar-refractivity contribution in [1.82, 2.24) is 0 Å². The van der Waals surface area contributed by atoms with Gasteiger partial charge in [0.15, 0.2) is 0 Å². The topological polar surface area (TPSA) is 23.8 Å². The van der Waals surface area contributed by atoms with Gasteiger partial charge in [0.25, 0.3) is 0 Å². The lowest BCUT2D eigenvalue weighted by Gasteiger charge is -2.08. The third kappa shape index (κ3) is 2.48. The molecule has 0 aliphatic carbocycles. The van der Waals surface area contributed by atoms with Gasteiger partial charge in [-0.05, 0) is 48.4 Å². The molecule has 0 unspecified atom stereocenters. The molecule has 0 bridgehead atoms. The number of benzene rings is 2. The molecule has 0 aliphatic rings. The highest BCUT2D eigenvalue weighted by Gasteiger charge is 2.10. The van der Waals surface area contributed by atoms with Crippen LogP contribution in [-0.4, -0.2) is 0 Å². The van der Waals surface area contributed by atoms with Crippen LogP contribution in [0.15, 0.2) is 30.3 Å². The second kappa shape index (κ2) is 4.97. The molecular formula is C14H8Cl2FN.